The first kappa shape index (κ1) is 5.79. The molecule has 0 radical (unpaired) electrons. The monoisotopic (exact) mass is 113 g/mol. The Morgan fingerprint density at radius 2 is 2.50 bits per heavy atom. The molecule has 0 spiro atoms. The van der Waals surface area contributed by atoms with E-state index in [0.717, 1.165) is 6.54 Å². The highest BCUT2D eigenvalue weighted by Crippen LogP contribution is 1.98. The molecule has 0 fully saturated rings. The van der Waals surface area contributed by atoms with Gasteiger partial charge in [0.25, 0.3) is 0 Å². The van der Waals surface area contributed by atoms with E-state index in [1.165, 1.54) is 0 Å². The fourth-order valence-electron chi connectivity index (χ4n) is 0.749. The molecule has 0 aromatic rings. The molecule has 8 heavy (non-hydrogen) atoms. The van der Waals surface area contributed by atoms with Crippen molar-refractivity contribution in [1.29, 1.82) is 0 Å². The van der Waals surface area contributed by atoms with Crippen LogP contribution in [0, 0.1) is 0 Å². The summed E-state index contributed by atoms with van der Waals surface area (Å²) in [6.45, 7) is 2.85. The van der Waals surface area contributed by atoms with Gasteiger partial charge in [0.1, 0.15) is 0 Å². The Balaban J connectivity index is 2.47. The van der Waals surface area contributed by atoms with E-state index in [-0.39, 0.29) is 12.1 Å². The molecule has 0 bridgehead atoms. The summed E-state index contributed by atoms with van der Waals surface area (Å²) in [7, 11) is 0. The average molecular weight is 113 g/mol. The second-order valence-corrected chi connectivity index (χ2v) is 2.12. The molecule has 0 aromatic heterocycles. The van der Waals surface area contributed by atoms with Gasteiger partial charge in [0.2, 0.25) is 0 Å². The Morgan fingerprint density at radius 3 is 2.88 bits per heavy atom. The molecule has 46 valence electrons. The average Bonchev–Trinajstić information content (AvgIpc) is 1.77. The van der Waals surface area contributed by atoms with Gasteiger partial charge in [-0.3, -0.25) is 0 Å². The van der Waals surface area contributed by atoms with Gasteiger partial charge in [-0.25, -0.2) is 0 Å². The van der Waals surface area contributed by atoms with Gasteiger partial charge in [-0.2, -0.15) is 0 Å². The molecule has 1 aliphatic rings. The highest BCUT2D eigenvalue weighted by atomic mass is 16.3. The molecule has 0 aliphatic carbocycles. The lowest BCUT2D eigenvalue weighted by molar-refractivity contribution is 0.175. The molecule has 1 aliphatic heterocycles. The Kier molecular flexibility index (Phi) is 1.65. The van der Waals surface area contributed by atoms with Crippen LogP contribution >= 0.6 is 0 Å². The van der Waals surface area contributed by atoms with Crippen molar-refractivity contribution in [2.75, 3.05) is 6.54 Å². The Hall–Kier alpha value is -0.340. The minimum Gasteiger partial charge on any atom is -0.387 e. The zero-order valence-electron chi connectivity index (χ0n) is 4.96. The first-order valence-corrected chi connectivity index (χ1v) is 2.89. The fraction of sp³-hybridized carbons (Fsp3) is 0.667. The molecular weight excluding hydrogens is 102 g/mol. The number of aliphatic hydroxyl groups is 1. The number of nitrogens with one attached hydrogen (secondary N) is 1. The molecule has 0 amide bonds. The van der Waals surface area contributed by atoms with Crippen molar-refractivity contribution in [2.45, 2.75) is 19.1 Å². The molecule has 2 nitrogen and oxygen atoms in total. The maximum atomic E-state index is 9.03. The number of hydrogen-bond acceptors (Lipinski definition) is 2. The summed E-state index contributed by atoms with van der Waals surface area (Å²) < 4.78 is 0. The van der Waals surface area contributed by atoms with Crippen LogP contribution in [0.3, 0.4) is 0 Å². The molecule has 2 N–H and O–H groups in total. The minimum absolute atomic E-state index is 0.222. The molecular formula is C6H11NO. The topological polar surface area (TPSA) is 32.3 Å². The lowest BCUT2D eigenvalue weighted by Gasteiger charge is -2.19. The van der Waals surface area contributed by atoms with E-state index in [1.54, 1.807) is 0 Å². The van der Waals surface area contributed by atoms with E-state index in [4.69, 9.17) is 5.11 Å². The first-order chi connectivity index (χ1) is 3.80. The van der Waals surface area contributed by atoms with E-state index in [1.807, 2.05) is 19.1 Å². The van der Waals surface area contributed by atoms with Crippen LogP contribution in [0.4, 0.5) is 0 Å². The fourth-order valence-corrected chi connectivity index (χ4v) is 0.749. The van der Waals surface area contributed by atoms with Gasteiger partial charge in [0.15, 0.2) is 0 Å². The lowest BCUT2D eigenvalue weighted by atomic mass is 10.1. The molecule has 1 rings (SSSR count). The molecule has 0 saturated heterocycles. The third-order valence-corrected chi connectivity index (χ3v) is 1.40. The van der Waals surface area contributed by atoms with Crippen molar-refractivity contribution in [1.82, 2.24) is 5.32 Å². The Morgan fingerprint density at radius 1 is 1.75 bits per heavy atom. The smallest absolute Gasteiger partial charge is 0.0871 e. The van der Waals surface area contributed by atoms with Crippen molar-refractivity contribution in [3.63, 3.8) is 0 Å². The van der Waals surface area contributed by atoms with Crippen LogP contribution in [0.25, 0.3) is 0 Å². The van der Waals surface area contributed by atoms with Gasteiger partial charge < -0.3 is 10.4 Å². The van der Waals surface area contributed by atoms with Crippen molar-refractivity contribution in [2.24, 2.45) is 0 Å². The highest BCUT2D eigenvalue weighted by molar-refractivity contribution is 4.99. The van der Waals surface area contributed by atoms with Crippen molar-refractivity contribution in [3.8, 4) is 0 Å². The molecule has 2 unspecified atom stereocenters. The van der Waals surface area contributed by atoms with E-state index >= 15 is 0 Å². The van der Waals surface area contributed by atoms with Crippen LogP contribution in [0.5, 0.6) is 0 Å². The number of aliphatic hydroxyl groups excluding tert-OH is 1. The number of hydrogen-bond donors (Lipinski definition) is 2. The largest absolute Gasteiger partial charge is 0.387 e. The second-order valence-electron chi connectivity index (χ2n) is 2.12. The third kappa shape index (κ3) is 1.08. The second kappa shape index (κ2) is 2.29. The van der Waals surface area contributed by atoms with Gasteiger partial charge in [0.05, 0.1) is 6.10 Å². The van der Waals surface area contributed by atoms with Crippen LogP contribution in [0.1, 0.15) is 6.92 Å². The van der Waals surface area contributed by atoms with Crippen LogP contribution in [-0.4, -0.2) is 23.8 Å². The standard InChI is InChI=1S/C6H11NO/c1-5-6(8)3-2-4-7-5/h2-3,5-8H,4H2,1H3. The molecule has 1 heterocycles. The van der Waals surface area contributed by atoms with Crippen molar-refractivity contribution in [3.05, 3.63) is 12.2 Å². The van der Waals surface area contributed by atoms with Crippen molar-refractivity contribution < 1.29 is 5.11 Å². The van der Waals surface area contributed by atoms with Crippen LogP contribution in [0.15, 0.2) is 12.2 Å². The van der Waals surface area contributed by atoms with E-state index in [2.05, 4.69) is 5.32 Å². The van der Waals surface area contributed by atoms with E-state index in [0.29, 0.717) is 0 Å². The molecule has 2 atom stereocenters. The quantitative estimate of drug-likeness (QED) is 0.430. The van der Waals surface area contributed by atoms with E-state index in [9.17, 15) is 0 Å². The van der Waals surface area contributed by atoms with Crippen LogP contribution < -0.4 is 5.32 Å². The first-order valence-electron chi connectivity index (χ1n) is 2.89. The summed E-state index contributed by atoms with van der Waals surface area (Å²) in [6, 6.07) is 0.222. The Bertz CT molecular complexity index is 101. The summed E-state index contributed by atoms with van der Waals surface area (Å²) in [6.07, 6.45) is 3.47. The maximum absolute atomic E-state index is 9.03. The predicted molar refractivity (Wildman–Crippen MR) is 32.6 cm³/mol. The van der Waals surface area contributed by atoms with Gasteiger partial charge >= 0.3 is 0 Å². The molecule has 0 saturated carbocycles. The maximum Gasteiger partial charge on any atom is 0.0871 e. The number of rotatable bonds is 0. The van der Waals surface area contributed by atoms with Crippen LogP contribution in [0.2, 0.25) is 0 Å². The normalized spacial score (nSPS) is 37.8. The van der Waals surface area contributed by atoms with Gasteiger partial charge in [0, 0.05) is 12.6 Å². The third-order valence-electron chi connectivity index (χ3n) is 1.40. The Labute approximate surface area is 49.2 Å². The summed E-state index contributed by atoms with van der Waals surface area (Å²) in [4.78, 5) is 0. The zero-order chi connectivity index (χ0) is 5.98. The van der Waals surface area contributed by atoms with Gasteiger partial charge in [-0.05, 0) is 6.92 Å². The lowest BCUT2D eigenvalue weighted by Crippen LogP contribution is -2.39. The van der Waals surface area contributed by atoms with E-state index < -0.39 is 0 Å². The highest BCUT2D eigenvalue weighted by Gasteiger charge is 2.11. The molecule has 2 heteroatoms. The van der Waals surface area contributed by atoms with Gasteiger partial charge in [-0.15, -0.1) is 0 Å². The minimum atomic E-state index is -0.288. The SMILES string of the molecule is CC1NCC=CC1O. The van der Waals surface area contributed by atoms with Crippen LogP contribution in [-0.2, 0) is 0 Å². The zero-order valence-corrected chi connectivity index (χ0v) is 4.96. The summed E-state index contributed by atoms with van der Waals surface area (Å²) >= 11 is 0. The summed E-state index contributed by atoms with van der Waals surface area (Å²) in [5, 5.41) is 12.1. The molecule has 0 aromatic carbocycles. The summed E-state index contributed by atoms with van der Waals surface area (Å²) in [5.74, 6) is 0. The van der Waals surface area contributed by atoms with Crippen molar-refractivity contribution >= 4 is 0 Å². The predicted octanol–water partition coefficient (Wildman–Crippen LogP) is -0.105. The summed E-state index contributed by atoms with van der Waals surface area (Å²) in [5.41, 5.74) is 0. The van der Waals surface area contributed by atoms with Gasteiger partial charge in [-0.1, -0.05) is 12.2 Å².